The average Bonchev–Trinajstić information content (AvgIpc) is 3.16. The maximum atomic E-state index is 11.9. The van der Waals surface area contributed by atoms with Crippen molar-refractivity contribution < 1.29 is 14.1 Å². The Morgan fingerprint density at radius 1 is 1.19 bits per heavy atom. The van der Waals surface area contributed by atoms with Gasteiger partial charge in [0.1, 0.15) is 12.1 Å². The van der Waals surface area contributed by atoms with Crippen LogP contribution in [0.2, 0.25) is 0 Å². The van der Waals surface area contributed by atoms with Gasteiger partial charge in [-0.25, -0.2) is 15.0 Å². The number of aromatic nitrogens is 3. The van der Waals surface area contributed by atoms with Crippen molar-refractivity contribution >= 4 is 29.0 Å². The standard InChI is InChI=1S/C15H13N7O4/c1-9-4-5-11(16-7-9)19-13-12(22(24)25)14(18-8-17-13)20-21-15(23)10-3-2-6-26-10/h2-8H,1H3,(H,21,23)(H2,16,17,18,19,20). The number of carbonyl (C=O) groups excluding carboxylic acids is 1. The van der Waals surface area contributed by atoms with Gasteiger partial charge in [-0.15, -0.1) is 0 Å². The maximum Gasteiger partial charge on any atom is 0.355 e. The topological polar surface area (TPSA) is 148 Å². The fraction of sp³-hybridized carbons (Fsp3) is 0.0667. The molecule has 0 saturated carbocycles. The van der Waals surface area contributed by atoms with Gasteiger partial charge in [0.2, 0.25) is 11.6 Å². The number of carbonyl (C=O) groups is 1. The molecule has 1 amide bonds. The summed E-state index contributed by atoms with van der Waals surface area (Å²) in [5.74, 6) is -0.465. The molecule has 0 aliphatic heterocycles. The molecule has 3 N–H and O–H groups in total. The van der Waals surface area contributed by atoms with E-state index in [0.717, 1.165) is 11.9 Å². The number of aryl methyl sites for hydroxylation is 1. The first-order chi connectivity index (χ1) is 12.5. The molecule has 0 atom stereocenters. The summed E-state index contributed by atoms with van der Waals surface area (Å²) in [5, 5.41) is 14.2. The van der Waals surface area contributed by atoms with Gasteiger partial charge in [-0.1, -0.05) is 6.07 Å². The molecule has 3 aromatic heterocycles. The van der Waals surface area contributed by atoms with Crippen LogP contribution in [0.25, 0.3) is 0 Å². The Hall–Kier alpha value is -4.02. The van der Waals surface area contributed by atoms with E-state index in [1.807, 2.05) is 6.92 Å². The summed E-state index contributed by atoms with van der Waals surface area (Å²) in [6.45, 7) is 1.87. The lowest BCUT2D eigenvalue weighted by Crippen LogP contribution is -2.30. The quantitative estimate of drug-likeness (QED) is 0.447. The second-order valence-corrected chi connectivity index (χ2v) is 5.08. The molecule has 0 aliphatic rings. The van der Waals surface area contributed by atoms with E-state index in [1.165, 1.54) is 12.3 Å². The molecule has 26 heavy (non-hydrogen) atoms. The molecule has 11 nitrogen and oxygen atoms in total. The Kier molecular flexibility index (Phi) is 4.69. The molecular weight excluding hydrogens is 342 g/mol. The number of amides is 1. The molecule has 3 aromatic rings. The lowest BCUT2D eigenvalue weighted by atomic mass is 10.3. The summed E-state index contributed by atoms with van der Waals surface area (Å²) in [4.78, 5) is 34.4. The Labute approximate surface area is 146 Å². The van der Waals surface area contributed by atoms with Crippen LogP contribution in [0, 0.1) is 17.0 Å². The Bertz CT molecular complexity index is 926. The summed E-state index contributed by atoms with van der Waals surface area (Å²) in [6.07, 6.45) is 4.06. The highest BCUT2D eigenvalue weighted by molar-refractivity contribution is 5.92. The summed E-state index contributed by atoms with van der Waals surface area (Å²) in [7, 11) is 0. The minimum absolute atomic E-state index is 0.0383. The van der Waals surface area contributed by atoms with E-state index in [1.54, 1.807) is 24.4 Å². The molecular formula is C15H13N7O4. The van der Waals surface area contributed by atoms with Crippen molar-refractivity contribution in [2.75, 3.05) is 10.7 Å². The number of hydrogen-bond donors (Lipinski definition) is 3. The number of nitro groups is 1. The summed E-state index contributed by atoms with van der Waals surface area (Å²) in [6, 6.07) is 6.44. The number of furan rings is 1. The minimum Gasteiger partial charge on any atom is -0.459 e. The van der Waals surface area contributed by atoms with Gasteiger partial charge in [-0.05, 0) is 30.7 Å². The molecule has 0 bridgehead atoms. The number of nitrogens with one attached hydrogen (secondary N) is 3. The molecule has 0 saturated heterocycles. The van der Waals surface area contributed by atoms with Crippen LogP contribution in [0.15, 0.2) is 47.5 Å². The molecule has 0 aromatic carbocycles. The maximum absolute atomic E-state index is 11.9. The van der Waals surface area contributed by atoms with Gasteiger partial charge < -0.3 is 9.73 Å². The summed E-state index contributed by atoms with van der Waals surface area (Å²) in [5.41, 5.74) is 5.17. The normalized spacial score (nSPS) is 10.2. The Balaban J connectivity index is 1.82. The molecule has 0 fully saturated rings. The SMILES string of the molecule is Cc1ccc(Nc2ncnc(NNC(=O)c3ccco3)c2[N+](=O)[O-])nc1. The van der Waals surface area contributed by atoms with Crippen LogP contribution in [0.1, 0.15) is 16.1 Å². The van der Waals surface area contributed by atoms with Crippen LogP contribution in [0.4, 0.5) is 23.1 Å². The third-order valence-electron chi connectivity index (χ3n) is 3.20. The van der Waals surface area contributed by atoms with Crippen LogP contribution < -0.4 is 16.2 Å². The highest BCUT2D eigenvalue weighted by atomic mass is 16.6. The van der Waals surface area contributed by atoms with Crippen molar-refractivity contribution in [3.05, 3.63) is 64.5 Å². The fourth-order valence-corrected chi connectivity index (χ4v) is 1.98. The zero-order chi connectivity index (χ0) is 18.5. The van der Waals surface area contributed by atoms with Crippen molar-refractivity contribution in [2.24, 2.45) is 0 Å². The first kappa shape index (κ1) is 16.8. The Morgan fingerprint density at radius 2 is 2.00 bits per heavy atom. The monoisotopic (exact) mass is 355 g/mol. The van der Waals surface area contributed by atoms with E-state index < -0.39 is 16.5 Å². The predicted molar refractivity (Wildman–Crippen MR) is 90.7 cm³/mol. The van der Waals surface area contributed by atoms with Crippen molar-refractivity contribution in [3.8, 4) is 0 Å². The second-order valence-electron chi connectivity index (χ2n) is 5.08. The number of rotatable bonds is 6. The van der Waals surface area contributed by atoms with Crippen molar-refractivity contribution in [3.63, 3.8) is 0 Å². The van der Waals surface area contributed by atoms with E-state index in [9.17, 15) is 14.9 Å². The molecule has 132 valence electrons. The van der Waals surface area contributed by atoms with Crippen molar-refractivity contribution in [2.45, 2.75) is 6.92 Å². The first-order valence-electron chi connectivity index (χ1n) is 7.33. The van der Waals surface area contributed by atoms with Gasteiger partial charge in [0.15, 0.2) is 5.76 Å². The van der Waals surface area contributed by atoms with Gasteiger partial charge in [0.25, 0.3) is 0 Å². The number of anilines is 3. The first-order valence-corrected chi connectivity index (χ1v) is 7.33. The number of nitrogens with zero attached hydrogens (tertiary/aromatic N) is 4. The molecule has 3 rings (SSSR count). The molecule has 0 spiro atoms. The average molecular weight is 355 g/mol. The fourth-order valence-electron chi connectivity index (χ4n) is 1.98. The lowest BCUT2D eigenvalue weighted by molar-refractivity contribution is -0.383. The molecule has 0 unspecified atom stereocenters. The van der Waals surface area contributed by atoms with E-state index in [4.69, 9.17) is 4.42 Å². The third-order valence-corrected chi connectivity index (χ3v) is 3.20. The lowest BCUT2D eigenvalue weighted by Gasteiger charge is -2.10. The molecule has 0 radical (unpaired) electrons. The predicted octanol–water partition coefficient (Wildman–Crippen LogP) is 2.18. The van der Waals surface area contributed by atoms with E-state index >= 15 is 0 Å². The van der Waals surface area contributed by atoms with Gasteiger partial charge in [0, 0.05) is 6.20 Å². The van der Waals surface area contributed by atoms with Gasteiger partial charge in [0.05, 0.1) is 11.2 Å². The van der Waals surface area contributed by atoms with E-state index in [2.05, 4.69) is 31.1 Å². The zero-order valence-corrected chi connectivity index (χ0v) is 13.5. The van der Waals surface area contributed by atoms with Crippen molar-refractivity contribution in [1.82, 2.24) is 20.4 Å². The van der Waals surface area contributed by atoms with Crippen molar-refractivity contribution in [1.29, 1.82) is 0 Å². The van der Waals surface area contributed by atoms with Crippen LogP contribution in [-0.2, 0) is 0 Å². The highest BCUT2D eigenvalue weighted by Gasteiger charge is 2.24. The van der Waals surface area contributed by atoms with E-state index in [0.29, 0.717) is 5.82 Å². The highest BCUT2D eigenvalue weighted by Crippen LogP contribution is 2.30. The van der Waals surface area contributed by atoms with Gasteiger partial charge in [-0.3, -0.25) is 25.8 Å². The van der Waals surface area contributed by atoms with Gasteiger partial charge in [-0.2, -0.15) is 0 Å². The van der Waals surface area contributed by atoms with Crippen LogP contribution in [0.5, 0.6) is 0 Å². The molecule has 11 heteroatoms. The largest absolute Gasteiger partial charge is 0.459 e. The minimum atomic E-state index is -0.669. The Morgan fingerprint density at radius 3 is 2.65 bits per heavy atom. The smallest absolute Gasteiger partial charge is 0.355 e. The van der Waals surface area contributed by atoms with Gasteiger partial charge >= 0.3 is 11.6 Å². The second kappa shape index (κ2) is 7.25. The summed E-state index contributed by atoms with van der Waals surface area (Å²) >= 11 is 0. The molecule has 3 heterocycles. The van der Waals surface area contributed by atoms with Crippen LogP contribution >= 0.6 is 0 Å². The van der Waals surface area contributed by atoms with E-state index in [-0.39, 0.29) is 17.4 Å². The number of hydrogen-bond acceptors (Lipinski definition) is 9. The van der Waals surface area contributed by atoms with Crippen LogP contribution in [0.3, 0.4) is 0 Å². The molecule has 0 aliphatic carbocycles. The number of hydrazine groups is 1. The third kappa shape index (κ3) is 3.72. The number of pyridine rings is 1. The summed E-state index contributed by atoms with van der Waals surface area (Å²) < 4.78 is 4.93. The van der Waals surface area contributed by atoms with Crippen LogP contribution in [-0.4, -0.2) is 25.8 Å². The zero-order valence-electron chi connectivity index (χ0n) is 13.5.